The van der Waals surface area contributed by atoms with Gasteiger partial charge in [-0.1, -0.05) is 19.9 Å². The quantitative estimate of drug-likeness (QED) is 0.919. The summed E-state index contributed by atoms with van der Waals surface area (Å²) in [7, 11) is 0. The molecule has 0 radical (unpaired) electrons. The van der Waals surface area contributed by atoms with E-state index in [-0.39, 0.29) is 11.5 Å². The van der Waals surface area contributed by atoms with Crippen LogP contribution in [0.15, 0.2) is 29.1 Å². The lowest BCUT2D eigenvalue weighted by atomic mass is 10.1. The highest BCUT2D eigenvalue weighted by atomic mass is 16.5. The van der Waals surface area contributed by atoms with Gasteiger partial charge in [0.2, 0.25) is 5.88 Å². The predicted octanol–water partition coefficient (Wildman–Crippen LogP) is 3.30. The van der Waals surface area contributed by atoms with E-state index in [4.69, 9.17) is 4.74 Å². The first kappa shape index (κ1) is 13.3. The fourth-order valence-electron chi connectivity index (χ4n) is 1.89. The second kappa shape index (κ2) is 5.26. The number of hydrogen-bond acceptors (Lipinski definition) is 3. The van der Waals surface area contributed by atoms with Gasteiger partial charge in [0.25, 0.3) is 5.56 Å². The number of rotatable bonds is 3. The van der Waals surface area contributed by atoms with Crippen LogP contribution in [0.5, 0.6) is 11.6 Å². The molecule has 0 spiro atoms. The van der Waals surface area contributed by atoms with Gasteiger partial charge >= 0.3 is 0 Å². The molecule has 0 saturated heterocycles. The molecule has 1 heterocycles. The molecule has 0 aliphatic carbocycles. The summed E-state index contributed by atoms with van der Waals surface area (Å²) in [6.45, 7) is 7.95. The largest absolute Gasteiger partial charge is 0.439 e. The van der Waals surface area contributed by atoms with Gasteiger partial charge in [-0.2, -0.15) is 4.98 Å². The van der Waals surface area contributed by atoms with Crippen molar-refractivity contribution in [2.45, 2.75) is 33.6 Å². The van der Waals surface area contributed by atoms with Gasteiger partial charge in [0.05, 0.1) is 6.07 Å². The summed E-state index contributed by atoms with van der Waals surface area (Å²) < 4.78 is 5.68. The van der Waals surface area contributed by atoms with Gasteiger partial charge in [0.1, 0.15) is 11.6 Å². The van der Waals surface area contributed by atoms with Crippen molar-refractivity contribution >= 4 is 0 Å². The van der Waals surface area contributed by atoms with Crippen molar-refractivity contribution in [3.8, 4) is 11.6 Å². The number of aromatic nitrogens is 2. The third kappa shape index (κ3) is 3.44. The first-order valence-electron chi connectivity index (χ1n) is 6.31. The molecule has 0 fully saturated rings. The van der Waals surface area contributed by atoms with Crippen molar-refractivity contribution in [2.75, 3.05) is 0 Å². The summed E-state index contributed by atoms with van der Waals surface area (Å²) in [6, 6.07) is 7.27. The number of nitrogens with zero attached hydrogens (tertiary/aromatic N) is 1. The summed E-state index contributed by atoms with van der Waals surface area (Å²) in [5.41, 5.74) is 2.03. The van der Waals surface area contributed by atoms with E-state index in [2.05, 4.69) is 16.0 Å². The highest BCUT2D eigenvalue weighted by Gasteiger charge is 2.07. The maximum absolute atomic E-state index is 11.6. The molecule has 2 rings (SSSR count). The molecule has 19 heavy (non-hydrogen) atoms. The number of hydrogen-bond donors (Lipinski definition) is 1. The van der Waals surface area contributed by atoms with E-state index < -0.39 is 0 Å². The Morgan fingerprint density at radius 1 is 1.11 bits per heavy atom. The molecule has 1 aromatic carbocycles. The number of H-pyrrole nitrogens is 1. The van der Waals surface area contributed by atoms with Crippen LogP contribution in [0.3, 0.4) is 0 Å². The minimum atomic E-state index is -0.196. The maximum atomic E-state index is 11.6. The van der Waals surface area contributed by atoms with Crippen molar-refractivity contribution < 1.29 is 4.74 Å². The van der Waals surface area contributed by atoms with Crippen molar-refractivity contribution in [3.05, 3.63) is 51.6 Å². The molecule has 0 aliphatic rings. The molecule has 100 valence electrons. The van der Waals surface area contributed by atoms with E-state index in [1.165, 1.54) is 6.07 Å². The minimum absolute atomic E-state index is 0.149. The lowest BCUT2D eigenvalue weighted by Crippen LogP contribution is -2.11. The van der Waals surface area contributed by atoms with Gasteiger partial charge in [-0.15, -0.1) is 0 Å². The van der Waals surface area contributed by atoms with Gasteiger partial charge in [-0.25, -0.2) is 0 Å². The Morgan fingerprint density at radius 3 is 2.32 bits per heavy atom. The number of aryl methyl sites for hydroxylation is 2. The molecule has 4 nitrogen and oxygen atoms in total. The van der Waals surface area contributed by atoms with E-state index in [9.17, 15) is 4.79 Å². The van der Waals surface area contributed by atoms with E-state index in [1.54, 1.807) is 0 Å². The second-order valence-corrected chi connectivity index (χ2v) is 5.05. The fraction of sp³-hybridized carbons (Fsp3) is 0.333. The van der Waals surface area contributed by atoms with Crippen molar-refractivity contribution in [1.29, 1.82) is 0 Å². The molecule has 1 N–H and O–H groups in total. The van der Waals surface area contributed by atoms with E-state index in [0.29, 0.717) is 17.5 Å². The van der Waals surface area contributed by atoms with Crippen LogP contribution >= 0.6 is 0 Å². The lowest BCUT2D eigenvalue weighted by Gasteiger charge is -2.09. The Morgan fingerprint density at radius 2 is 1.74 bits per heavy atom. The summed E-state index contributed by atoms with van der Waals surface area (Å²) >= 11 is 0. The van der Waals surface area contributed by atoms with Crippen molar-refractivity contribution in [2.24, 2.45) is 0 Å². The standard InChI is InChI=1S/C15H18N2O2/c1-9(2)15-16-13(18)8-14(17-15)19-12-6-10(3)5-11(4)7-12/h5-9H,1-4H3,(H,16,17,18). The average molecular weight is 258 g/mol. The van der Waals surface area contributed by atoms with Crippen molar-refractivity contribution in [3.63, 3.8) is 0 Å². The van der Waals surface area contributed by atoms with E-state index in [0.717, 1.165) is 11.1 Å². The molecular weight excluding hydrogens is 240 g/mol. The van der Waals surface area contributed by atoms with Gasteiger partial charge in [0, 0.05) is 5.92 Å². The Bertz CT molecular complexity index is 625. The van der Waals surface area contributed by atoms with E-state index in [1.807, 2.05) is 39.8 Å². The van der Waals surface area contributed by atoms with Crippen LogP contribution in [0.4, 0.5) is 0 Å². The SMILES string of the molecule is Cc1cc(C)cc(Oc2cc(=O)[nH]c(C(C)C)n2)c1. The summed E-state index contributed by atoms with van der Waals surface area (Å²) in [5, 5.41) is 0. The number of aromatic amines is 1. The maximum Gasteiger partial charge on any atom is 0.254 e. The van der Waals surface area contributed by atoms with Crippen LogP contribution < -0.4 is 10.3 Å². The molecular formula is C15H18N2O2. The Labute approximate surface area is 112 Å². The molecule has 0 amide bonds. The summed E-state index contributed by atoms with van der Waals surface area (Å²) in [6.07, 6.45) is 0. The Balaban J connectivity index is 2.35. The third-order valence-electron chi connectivity index (χ3n) is 2.70. The van der Waals surface area contributed by atoms with Crippen LogP contribution in [-0.2, 0) is 0 Å². The predicted molar refractivity (Wildman–Crippen MR) is 74.9 cm³/mol. The smallest absolute Gasteiger partial charge is 0.254 e. The zero-order valence-corrected chi connectivity index (χ0v) is 11.7. The second-order valence-electron chi connectivity index (χ2n) is 5.05. The fourth-order valence-corrected chi connectivity index (χ4v) is 1.89. The van der Waals surface area contributed by atoms with Crippen LogP contribution in [0, 0.1) is 13.8 Å². The van der Waals surface area contributed by atoms with Crippen LogP contribution in [0.2, 0.25) is 0 Å². The van der Waals surface area contributed by atoms with E-state index >= 15 is 0 Å². The Kier molecular flexibility index (Phi) is 3.69. The highest BCUT2D eigenvalue weighted by Crippen LogP contribution is 2.22. The van der Waals surface area contributed by atoms with Gasteiger partial charge in [-0.3, -0.25) is 4.79 Å². The summed E-state index contributed by atoms with van der Waals surface area (Å²) in [5.74, 6) is 1.81. The highest BCUT2D eigenvalue weighted by molar-refractivity contribution is 5.35. The van der Waals surface area contributed by atoms with Gasteiger partial charge < -0.3 is 9.72 Å². The number of ether oxygens (including phenoxy) is 1. The molecule has 0 saturated carbocycles. The third-order valence-corrected chi connectivity index (χ3v) is 2.70. The lowest BCUT2D eigenvalue weighted by molar-refractivity contribution is 0.455. The molecule has 0 unspecified atom stereocenters. The molecule has 0 bridgehead atoms. The number of benzene rings is 1. The first-order chi connectivity index (χ1) is 8.94. The first-order valence-corrected chi connectivity index (χ1v) is 6.31. The van der Waals surface area contributed by atoms with Crippen molar-refractivity contribution in [1.82, 2.24) is 9.97 Å². The van der Waals surface area contributed by atoms with Crippen LogP contribution in [0.1, 0.15) is 36.7 Å². The number of nitrogens with one attached hydrogen (secondary N) is 1. The Hall–Kier alpha value is -2.10. The topological polar surface area (TPSA) is 55.0 Å². The van der Waals surface area contributed by atoms with Gasteiger partial charge in [0.15, 0.2) is 0 Å². The van der Waals surface area contributed by atoms with Crippen LogP contribution in [-0.4, -0.2) is 9.97 Å². The summed E-state index contributed by atoms with van der Waals surface area (Å²) in [4.78, 5) is 18.6. The molecule has 4 heteroatoms. The molecule has 2 aromatic rings. The average Bonchev–Trinajstić information content (AvgIpc) is 2.26. The zero-order chi connectivity index (χ0) is 14.0. The normalized spacial score (nSPS) is 10.8. The van der Waals surface area contributed by atoms with Crippen LogP contribution in [0.25, 0.3) is 0 Å². The minimum Gasteiger partial charge on any atom is -0.439 e. The molecule has 0 atom stereocenters. The van der Waals surface area contributed by atoms with Gasteiger partial charge in [-0.05, 0) is 37.1 Å². The molecule has 0 aliphatic heterocycles. The zero-order valence-electron chi connectivity index (χ0n) is 11.7. The monoisotopic (exact) mass is 258 g/mol. The molecule has 1 aromatic heterocycles.